The largest absolute Gasteiger partial charge is 0.493 e. The Hall–Kier alpha value is -2.24. The molecule has 0 unspecified atom stereocenters. The average molecular weight is 452 g/mol. The van der Waals surface area contributed by atoms with Crippen molar-refractivity contribution in [3.8, 4) is 11.5 Å². The molecule has 0 aliphatic carbocycles. The molecule has 3 N–H and O–H groups in total. The number of thiazole rings is 1. The van der Waals surface area contributed by atoms with Crippen molar-refractivity contribution in [2.45, 2.75) is 24.7 Å². The molecule has 0 saturated carbocycles. The number of aliphatic hydroxyl groups excluding tert-OH is 1. The molecule has 170 valence electrons. The Balaban J connectivity index is 1.55. The predicted molar refractivity (Wildman–Crippen MR) is 116 cm³/mol. The van der Waals surface area contributed by atoms with Crippen molar-refractivity contribution in [3.63, 3.8) is 0 Å². The van der Waals surface area contributed by atoms with E-state index in [1.807, 2.05) is 18.2 Å². The van der Waals surface area contributed by atoms with Gasteiger partial charge in [0.2, 0.25) is 0 Å². The monoisotopic (exact) mass is 451 g/mol. The zero-order chi connectivity index (χ0) is 22.3. The number of carbonyl (C=O) groups is 1. The third-order valence-corrected chi connectivity index (χ3v) is 5.90. The number of β-amino-alcohol motifs (C(OH)–C–C–N with tert-alkyl or cyclic N) is 1. The summed E-state index contributed by atoms with van der Waals surface area (Å²) in [6.45, 7) is 2.31. The van der Waals surface area contributed by atoms with Crippen molar-refractivity contribution in [2.75, 3.05) is 47.1 Å². The molecular formula is C21H29N3O6S. The number of piperidine rings is 1. The first-order chi connectivity index (χ1) is 14.9. The van der Waals surface area contributed by atoms with Crippen LogP contribution in [0, 0.1) is 0 Å². The quantitative estimate of drug-likeness (QED) is 0.457. The molecule has 2 heterocycles. The van der Waals surface area contributed by atoms with Gasteiger partial charge in [0.15, 0.2) is 11.5 Å². The third-order valence-electron chi connectivity index (χ3n) is 5.31. The summed E-state index contributed by atoms with van der Waals surface area (Å²) in [6, 6.07) is 5.71. The number of amides is 1. The van der Waals surface area contributed by atoms with Crippen LogP contribution in [0.5, 0.6) is 11.5 Å². The number of nitrogens with zero attached hydrogens (tertiary/aromatic N) is 2. The highest BCUT2D eigenvalue weighted by Gasteiger charge is 2.40. The lowest BCUT2D eigenvalue weighted by atomic mass is 9.88. The average Bonchev–Trinajstić information content (AvgIpc) is 3.30. The number of ether oxygens (including phenoxy) is 3. The van der Waals surface area contributed by atoms with Crippen LogP contribution in [0.25, 0.3) is 0 Å². The highest BCUT2D eigenvalue weighted by Crippen LogP contribution is 2.30. The Kier molecular flexibility index (Phi) is 8.22. The molecule has 2 atom stereocenters. The molecule has 2 aromatic rings. The maximum Gasteiger partial charge on any atom is 0.270 e. The Labute approximate surface area is 185 Å². The van der Waals surface area contributed by atoms with Gasteiger partial charge in [-0.2, -0.15) is 0 Å². The van der Waals surface area contributed by atoms with Gasteiger partial charge in [0, 0.05) is 38.7 Å². The van der Waals surface area contributed by atoms with Gasteiger partial charge in [-0.3, -0.25) is 9.69 Å². The van der Waals surface area contributed by atoms with E-state index in [1.54, 1.807) is 25.1 Å². The highest BCUT2D eigenvalue weighted by molar-refractivity contribution is 7.07. The van der Waals surface area contributed by atoms with Crippen molar-refractivity contribution >= 4 is 17.2 Å². The molecular weight excluding hydrogens is 422 g/mol. The third kappa shape index (κ3) is 6.14. The summed E-state index contributed by atoms with van der Waals surface area (Å²) >= 11 is 1.33. The number of hydrogen-bond donors (Lipinski definition) is 3. The van der Waals surface area contributed by atoms with Gasteiger partial charge in [0.05, 0.1) is 25.3 Å². The van der Waals surface area contributed by atoms with Crippen LogP contribution in [0.2, 0.25) is 0 Å². The van der Waals surface area contributed by atoms with Crippen LogP contribution in [0.1, 0.15) is 22.5 Å². The van der Waals surface area contributed by atoms with Crippen molar-refractivity contribution in [3.05, 3.63) is 40.3 Å². The highest BCUT2D eigenvalue weighted by atomic mass is 32.1. The molecule has 10 heteroatoms. The number of rotatable bonds is 10. The first kappa shape index (κ1) is 23.4. The van der Waals surface area contributed by atoms with Crippen molar-refractivity contribution in [1.82, 2.24) is 15.2 Å². The Morgan fingerprint density at radius 3 is 2.87 bits per heavy atom. The Morgan fingerprint density at radius 2 is 2.19 bits per heavy atom. The number of aliphatic hydroxyl groups is 2. The lowest BCUT2D eigenvalue weighted by Gasteiger charge is -2.42. The summed E-state index contributed by atoms with van der Waals surface area (Å²) in [5.74, 6) is 0.920. The van der Waals surface area contributed by atoms with E-state index in [9.17, 15) is 15.0 Å². The summed E-state index contributed by atoms with van der Waals surface area (Å²) in [6.07, 6.45) is -0.661. The molecule has 1 aromatic heterocycles. The fourth-order valence-corrected chi connectivity index (χ4v) is 3.98. The number of methoxy groups -OCH3 is 2. The van der Waals surface area contributed by atoms with E-state index >= 15 is 0 Å². The van der Waals surface area contributed by atoms with E-state index in [4.69, 9.17) is 14.2 Å². The Morgan fingerprint density at radius 1 is 1.35 bits per heavy atom. The van der Waals surface area contributed by atoms with E-state index in [0.717, 1.165) is 5.56 Å². The number of carbonyl (C=O) groups excluding carboxylic acids is 1. The number of aromatic nitrogens is 1. The Bertz CT molecular complexity index is 850. The molecule has 1 aromatic carbocycles. The van der Waals surface area contributed by atoms with Gasteiger partial charge in [-0.1, -0.05) is 6.07 Å². The lowest BCUT2D eigenvalue weighted by molar-refractivity contribution is -0.116. The zero-order valence-electron chi connectivity index (χ0n) is 17.7. The summed E-state index contributed by atoms with van der Waals surface area (Å²) in [7, 11) is 3.21. The fourth-order valence-electron chi connectivity index (χ4n) is 3.45. The van der Waals surface area contributed by atoms with Crippen LogP contribution in [0.3, 0.4) is 0 Å². The van der Waals surface area contributed by atoms with Crippen LogP contribution < -0.4 is 14.8 Å². The second-order valence-electron chi connectivity index (χ2n) is 7.49. The maximum atomic E-state index is 12.1. The fraction of sp³-hybridized carbons (Fsp3) is 0.524. The number of nitrogens with one attached hydrogen (secondary N) is 1. The molecule has 0 bridgehead atoms. The summed E-state index contributed by atoms with van der Waals surface area (Å²) in [5.41, 5.74) is 1.51. The summed E-state index contributed by atoms with van der Waals surface area (Å²) < 4.78 is 16.1. The molecule has 31 heavy (non-hydrogen) atoms. The van der Waals surface area contributed by atoms with Gasteiger partial charge in [0.25, 0.3) is 5.91 Å². The smallest absolute Gasteiger partial charge is 0.270 e. The van der Waals surface area contributed by atoms with Crippen LogP contribution in [-0.2, 0) is 11.3 Å². The summed E-state index contributed by atoms with van der Waals surface area (Å²) in [4.78, 5) is 18.1. The molecule has 1 aliphatic heterocycles. The van der Waals surface area contributed by atoms with Crippen molar-refractivity contribution in [2.24, 2.45) is 0 Å². The van der Waals surface area contributed by atoms with Gasteiger partial charge in [-0.25, -0.2) is 4.98 Å². The first-order valence-electron chi connectivity index (χ1n) is 10.0. The van der Waals surface area contributed by atoms with E-state index in [-0.39, 0.29) is 19.0 Å². The van der Waals surface area contributed by atoms with E-state index in [0.29, 0.717) is 49.9 Å². The minimum atomic E-state index is -1.38. The molecule has 0 radical (unpaired) electrons. The van der Waals surface area contributed by atoms with Gasteiger partial charge in [-0.05, 0) is 24.1 Å². The molecule has 1 amide bonds. The van der Waals surface area contributed by atoms with E-state index in [1.165, 1.54) is 11.3 Å². The lowest BCUT2D eigenvalue weighted by Crippen LogP contribution is -2.60. The SMILES string of the molecule is COCCOc1cc(CN2CC[C@@](O)(CNC(=O)c3cscn3)[C@H](O)C2)ccc1OC. The zero-order valence-corrected chi connectivity index (χ0v) is 18.6. The van der Waals surface area contributed by atoms with E-state index < -0.39 is 11.7 Å². The van der Waals surface area contributed by atoms with Gasteiger partial charge in [0.1, 0.15) is 17.9 Å². The molecule has 1 fully saturated rings. The van der Waals surface area contributed by atoms with Gasteiger partial charge >= 0.3 is 0 Å². The molecule has 0 spiro atoms. The normalized spacial score (nSPS) is 21.6. The second kappa shape index (κ2) is 10.9. The number of hydrogen-bond acceptors (Lipinski definition) is 9. The minimum Gasteiger partial charge on any atom is -0.493 e. The maximum absolute atomic E-state index is 12.1. The van der Waals surface area contributed by atoms with Gasteiger partial charge in [-0.15, -0.1) is 11.3 Å². The minimum absolute atomic E-state index is 0.0294. The van der Waals surface area contributed by atoms with Crippen LogP contribution in [0.4, 0.5) is 0 Å². The van der Waals surface area contributed by atoms with E-state index in [2.05, 4.69) is 15.2 Å². The number of likely N-dealkylation sites (tertiary alicyclic amines) is 1. The van der Waals surface area contributed by atoms with Crippen LogP contribution in [-0.4, -0.2) is 84.8 Å². The number of benzene rings is 1. The first-order valence-corrected chi connectivity index (χ1v) is 11.0. The second-order valence-corrected chi connectivity index (χ2v) is 8.21. The standard InChI is InChI=1S/C21H29N3O6S/c1-28-7-8-30-18-9-15(3-4-17(18)29-2)10-24-6-5-21(27,19(25)11-24)13-22-20(26)16-12-31-14-23-16/h3-4,9,12,14,19,25,27H,5-8,10-11,13H2,1-2H3,(H,22,26)/t19-,21-/m1/s1. The van der Waals surface area contributed by atoms with Crippen molar-refractivity contribution < 1.29 is 29.2 Å². The predicted octanol–water partition coefficient (Wildman–Crippen LogP) is 0.905. The van der Waals surface area contributed by atoms with Crippen LogP contribution >= 0.6 is 11.3 Å². The summed E-state index contributed by atoms with van der Waals surface area (Å²) in [5, 5.41) is 25.7. The molecule has 1 saturated heterocycles. The molecule has 9 nitrogen and oxygen atoms in total. The molecule has 3 rings (SSSR count). The topological polar surface area (TPSA) is 113 Å². The van der Waals surface area contributed by atoms with Crippen LogP contribution in [0.15, 0.2) is 29.1 Å². The van der Waals surface area contributed by atoms with Gasteiger partial charge < -0.3 is 29.7 Å². The molecule has 1 aliphatic rings. The van der Waals surface area contributed by atoms with Crippen molar-refractivity contribution in [1.29, 1.82) is 0 Å².